The van der Waals surface area contributed by atoms with Gasteiger partial charge in [-0.05, 0) is 62.4 Å². The van der Waals surface area contributed by atoms with Crippen LogP contribution in [0.5, 0.6) is 5.75 Å². The Labute approximate surface area is 258 Å². The molecule has 10 nitrogen and oxygen atoms in total. The molecular formula is C34H42N4O6. The summed E-state index contributed by atoms with van der Waals surface area (Å²) in [6.45, 7) is 7.04. The molecule has 1 fully saturated rings. The highest BCUT2D eigenvalue weighted by atomic mass is 16.7. The number of amides is 1. The summed E-state index contributed by atoms with van der Waals surface area (Å²) >= 11 is 0. The van der Waals surface area contributed by atoms with Crippen LogP contribution < -0.4 is 16.4 Å². The van der Waals surface area contributed by atoms with E-state index >= 15 is 0 Å². The molecule has 10 heteroatoms. The maximum Gasteiger partial charge on any atom is 0.410 e. The van der Waals surface area contributed by atoms with Crippen molar-refractivity contribution < 1.29 is 28.6 Å². The van der Waals surface area contributed by atoms with E-state index < -0.39 is 23.8 Å². The standard InChI is InChI=1S/C34H42N4O6/c1-34(2,3)43-33(40)38-20-18-27(19-21-38)31(35)37-22-24-14-16-28(17-15-24)41-23-29(44-36)32(39)42-30(25-10-6-4-7-11-25)26-12-8-5-9-13-26/h4-17,27,29-30H,18-23,36H2,1-3H3,(H2,35,37)/t29-/m0/s1. The molecule has 0 aromatic heterocycles. The third-order valence-corrected chi connectivity index (χ3v) is 7.20. The van der Waals surface area contributed by atoms with Gasteiger partial charge >= 0.3 is 12.1 Å². The molecular weight excluding hydrogens is 560 g/mol. The lowest BCUT2D eigenvalue weighted by Crippen LogP contribution is -2.44. The highest BCUT2D eigenvalue weighted by Gasteiger charge is 2.29. The molecule has 1 aliphatic heterocycles. The van der Waals surface area contributed by atoms with E-state index in [1.54, 1.807) is 17.0 Å². The number of esters is 1. The number of nitrogens with two attached hydrogens (primary N) is 2. The van der Waals surface area contributed by atoms with E-state index in [4.69, 9.17) is 30.7 Å². The number of piperidine rings is 1. The first-order chi connectivity index (χ1) is 21.1. The minimum absolute atomic E-state index is 0.118. The van der Waals surface area contributed by atoms with E-state index in [1.807, 2.05) is 93.6 Å². The lowest BCUT2D eigenvalue weighted by atomic mass is 9.96. The van der Waals surface area contributed by atoms with E-state index in [9.17, 15) is 9.59 Å². The molecule has 0 bridgehead atoms. The first kappa shape index (κ1) is 32.5. The number of ether oxygens (including phenoxy) is 3. The number of hydrogen-bond donors (Lipinski definition) is 2. The summed E-state index contributed by atoms with van der Waals surface area (Å²) in [6, 6.07) is 26.3. The van der Waals surface area contributed by atoms with E-state index in [0.717, 1.165) is 29.5 Å². The van der Waals surface area contributed by atoms with Crippen LogP contribution in [-0.2, 0) is 25.7 Å². The van der Waals surface area contributed by atoms with Crippen LogP contribution in [0.4, 0.5) is 4.79 Å². The summed E-state index contributed by atoms with van der Waals surface area (Å²) in [5, 5.41) is 0. The maximum absolute atomic E-state index is 13.0. The fraction of sp³-hybridized carbons (Fsp3) is 0.382. The SMILES string of the molecule is CC(C)(C)OC(=O)N1CCC(C(N)=NCc2ccc(OC[C@H](ON)C(=O)OC(c3ccccc3)c3ccccc3)cc2)CC1. The largest absolute Gasteiger partial charge is 0.490 e. The molecule has 44 heavy (non-hydrogen) atoms. The lowest BCUT2D eigenvalue weighted by Gasteiger charge is -2.33. The summed E-state index contributed by atoms with van der Waals surface area (Å²) in [7, 11) is 0. The zero-order chi connectivity index (χ0) is 31.5. The van der Waals surface area contributed by atoms with Crippen LogP contribution in [0.1, 0.15) is 56.4 Å². The minimum atomic E-state index is -1.13. The number of hydrogen-bond acceptors (Lipinski definition) is 8. The van der Waals surface area contributed by atoms with Crippen LogP contribution in [0.15, 0.2) is 89.9 Å². The Bertz CT molecular complexity index is 1330. The zero-order valence-electron chi connectivity index (χ0n) is 25.6. The van der Waals surface area contributed by atoms with Gasteiger partial charge in [0.05, 0.1) is 12.4 Å². The summed E-state index contributed by atoms with van der Waals surface area (Å²) in [5.41, 5.74) is 8.39. The van der Waals surface area contributed by atoms with Gasteiger partial charge in [0.2, 0.25) is 6.10 Å². The third kappa shape index (κ3) is 9.55. The van der Waals surface area contributed by atoms with Crippen LogP contribution in [0.25, 0.3) is 0 Å². The molecule has 1 heterocycles. The minimum Gasteiger partial charge on any atom is -0.490 e. The number of rotatable bonds is 11. The molecule has 1 amide bonds. The van der Waals surface area contributed by atoms with Gasteiger partial charge in [0, 0.05) is 19.0 Å². The van der Waals surface area contributed by atoms with Gasteiger partial charge in [0.15, 0.2) is 6.10 Å². The first-order valence-electron chi connectivity index (χ1n) is 14.8. The molecule has 3 aromatic carbocycles. The maximum atomic E-state index is 13.0. The van der Waals surface area contributed by atoms with Gasteiger partial charge in [0.1, 0.15) is 18.0 Å². The molecule has 3 aromatic rings. The average Bonchev–Trinajstić information content (AvgIpc) is 3.03. The highest BCUT2D eigenvalue weighted by Crippen LogP contribution is 2.27. The molecule has 0 spiro atoms. The Morgan fingerprint density at radius 3 is 2.00 bits per heavy atom. The van der Waals surface area contributed by atoms with Gasteiger partial charge in [-0.25, -0.2) is 15.5 Å². The molecule has 4 N–H and O–H groups in total. The molecule has 0 radical (unpaired) electrons. The van der Waals surface area contributed by atoms with E-state index in [-0.39, 0.29) is 18.6 Å². The first-order valence-corrected chi connectivity index (χ1v) is 14.8. The number of nitrogens with zero attached hydrogens (tertiary/aromatic N) is 2. The molecule has 1 aliphatic rings. The number of benzene rings is 3. The number of carbonyl (C=O) groups excluding carboxylic acids is 2. The van der Waals surface area contributed by atoms with Gasteiger partial charge < -0.3 is 24.8 Å². The van der Waals surface area contributed by atoms with Crippen LogP contribution in [-0.4, -0.2) is 54.2 Å². The topological polar surface area (TPSA) is 139 Å². The Morgan fingerprint density at radius 2 is 1.48 bits per heavy atom. The third-order valence-electron chi connectivity index (χ3n) is 7.20. The van der Waals surface area contributed by atoms with Crippen molar-refractivity contribution in [1.82, 2.24) is 4.90 Å². The highest BCUT2D eigenvalue weighted by molar-refractivity contribution is 5.83. The number of likely N-dealkylation sites (tertiary alicyclic amines) is 1. The lowest BCUT2D eigenvalue weighted by molar-refractivity contribution is -0.163. The average molecular weight is 603 g/mol. The van der Waals surface area contributed by atoms with Gasteiger partial charge in [-0.1, -0.05) is 72.8 Å². The summed E-state index contributed by atoms with van der Waals surface area (Å²) in [6.07, 6.45) is -0.557. The van der Waals surface area contributed by atoms with E-state index in [0.29, 0.717) is 31.2 Å². The number of carbonyl (C=O) groups is 2. The number of amidine groups is 1. The van der Waals surface area contributed by atoms with Crippen molar-refractivity contribution in [1.29, 1.82) is 0 Å². The second-order valence-corrected chi connectivity index (χ2v) is 11.7. The van der Waals surface area contributed by atoms with Crippen molar-refractivity contribution in [3.05, 3.63) is 102 Å². The van der Waals surface area contributed by atoms with Crippen molar-refractivity contribution in [2.24, 2.45) is 22.5 Å². The number of aliphatic imine (C=N–C) groups is 1. The quantitative estimate of drug-likeness (QED) is 0.133. The second-order valence-electron chi connectivity index (χ2n) is 11.7. The van der Waals surface area contributed by atoms with Crippen LogP contribution in [0, 0.1) is 5.92 Å². The molecule has 0 unspecified atom stereocenters. The van der Waals surface area contributed by atoms with E-state index in [1.165, 1.54) is 0 Å². The van der Waals surface area contributed by atoms with E-state index in [2.05, 4.69) is 4.99 Å². The van der Waals surface area contributed by atoms with Crippen LogP contribution in [0.3, 0.4) is 0 Å². The van der Waals surface area contributed by atoms with Gasteiger partial charge in [-0.3, -0.25) is 9.83 Å². The fourth-order valence-electron chi connectivity index (χ4n) is 4.80. The molecule has 0 saturated carbocycles. The second kappa shape index (κ2) is 15.4. The van der Waals surface area contributed by atoms with Gasteiger partial charge in [-0.2, -0.15) is 0 Å². The predicted molar refractivity (Wildman–Crippen MR) is 168 cm³/mol. The molecule has 234 valence electrons. The monoisotopic (exact) mass is 602 g/mol. The Hall–Kier alpha value is -4.41. The molecule has 0 aliphatic carbocycles. The Kier molecular flexibility index (Phi) is 11.3. The smallest absolute Gasteiger partial charge is 0.410 e. The van der Waals surface area contributed by atoms with Crippen molar-refractivity contribution in [2.45, 2.75) is 58.0 Å². The Balaban J connectivity index is 1.26. The normalized spacial score (nSPS) is 15.1. The van der Waals surface area contributed by atoms with Crippen LogP contribution >= 0.6 is 0 Å². The fourth-order valence-corrected chi connectivity index (χ4v) is 4.80. The summed E-state index contributed by atoms with van der Waals surface area (Å²) < 4.78 is 17.1. The molecule has 1 atom stereocenters. The van der Waals surface area contributed by atoms with Gasteiger partial charge in [0.25, 0.3) is 0 Å². The van der Waals surface area contributed by atoms with Crippen molar-refractivity contribution in [3.63, 3.8) is 0 Å². The van der Waals surface area contributed by atoms with Gasteiger partial charge in [-0.15, -0.1) is 0 Å². The zero-order valence-corrected chi connectivity index (χ0v) is 25.6. The molecule has 4 rings (SSSR count). The van der Waals surface area contributed by atoms with Crippen LogP contribution in [0.2, 0.25) is 0 Å². The van der Waals surface area contributed by atoms with Crippen molar-refractivity contribution in [3.8, 4) is 5.75 Å². The summed E-state index contributed by atoms with van der Waals surface area (Å²) in [4.78, 5) is 36.6. The predicted octanol–water partition coefficient (Wildman–Crippen LogP) is 5.16. The molecule has 1 saturated heterocycles. The Morgan fingerprint density at radius 1 is 0.909 bits per heavy atom. The van der Waals surface area contributed by atoms with Crippen molar-refractivity contribution >= 4 is 17.9 Å². The van der Waals surface area contributed by atoms with Crippen molar-refractivity contribution in [2.75, 3.05) is 19.7 Å². The summed E-state index contributed by atoms with van der Waals surface area (Å²) in [5.74, 6) is 6.06.